The van der Waals surface area contributed by atoms with Crippen LogP contribution in [0.2, 0.25) is 0 Å². The highest BCUT2D eigenvalue weighted by molar-refractivity contribution is 5.90. The molecule has 0 atom stereocenters. The Bertz CT molecular complexity index is 582. The van der Waals surface area contributed by atoms with Gasteiger partial charge < -0.3 is 14.7 Å². The summed E-state index contributed by atoms with van der Waals surface area (Å²) >= 11 is 0. The molecule has 0 aromatic heterocycles. The van der Waals surface area contributed by atoms with E-state index in [2.05, 4.69) is 20.8 Å². The zero-order valence-corrected chi connectivity index (χ0v) is 13.1. The minimum absolute atomic E-state index is 0.0196. The molecule has 0 spiro atoms. The van der Waals surface area contributed by atoms with Crippen LogP contribution in [0.15, 0.2) is 18.2 Å². The van der Waals surface area contributed by atoms with E-state index in [1.165, 1.54) is 7.11 Å². The second-order valence-corrected chi connectivity index (χ2v) is 7.33. The summed E-state index contributed by atoms with van der Waals surface area (Å²) < 4.78 is 5.15. The summed E-state index contributed by atoms with van der Waals surface area (Å²) in [7, 11) is 1.53. The van der Waals surface area contributed by atoms with Crippen LogP contribution in [0, 0.1) is 11.3 Å². The average Bonchev–Trinajstić information content (AvgIpc) is 3.24. The van der Waals surface area contributed by atoms with Crippen molar-refractivity contribution in [2.45, 2.75) is 45.7 Å². The van der Waals surface area contributed by atoms with Gasteiger partial charge in [0.1, 0.15) is 0 Å². The summed E-state index contributed by atoms with van der Waals surface area (Å²) in [5.74, 6) is 1.50. The maximum Gasteiger partial charge on any atom is 0.229 e. The number of benzene rings is 1. The Hall–Kier alpha value is -1.71. The lowest BCUT2D eigenvalue weighted by Gasteiger charge is -2.37. The Morgan fingerprint density at radius 1 is 1.43 bits per heavy atom. The molecule has 2 aliphatic rings. The Balaban J connectivity index is 1.83. The number of nitrogens with zero attached hydrogens (tertiary/aromatic N) is 1. The highest BCUT2D eigenvalue weighted by atomic mass is 16.5. The van der Waals surface area contributed by atoms with Gasteiger partial charge in [0.2, 0.25) is 5.91 Å². The summed E-state index contributed by atoms with van der Waals surface area (Å²) in [6, 6.07) is 5.27. The van der Waals surface area contributed by atoms with Gasteiger partial charge >= 0.3 is 0 Å². The van der Waals surface area contributed by atoms with Crippen LogP contribution in [0.5, 0.6) is 11.5 Å². The molecular weight excluding hydrogens is 266 g/mol. The average molecular weight is 289 g/mol. The van der Waals surface area contributed by atoms with E-state index in [4.69, 9.17) is 4.74 Å². The highest BCUT2D eigenvalue weighted by Gasteiger charge is 2.75. The molecule has 1 aromatic carbocycles. The number of ether oxygens (including phenoxy) is 1. The van der Waals surface area contributed by atoms with Crippen molar-refractivity contribution in [2.24, 2.45) is 11.3 Å². The maximum atomic E-state index is 12.8. The van der Waals surface area contributed by atoms with Crippen molar-refractivity contribution in [1.82, 2.24) is 4.90 Å². The van der Waals surface area contributed by atoms with E-state index < -0.39 is 0 Å². The van der Waals surface area contributed by atoms with Gasteiger partial charge in [0.05, 0.1) is 12.5 Å². The lowest BCUT2D eigenvalue weighted by atomic mass is 10.0. The first-order chi connectivity index (χ1) is 9.78. The third-order valence-electron chi connectivity index (χ3n) is 4.75. The van der Waals surface area contributed by atoms with Crippen molar-refractivity contribution in [3.05, 3.63) is 23.8 Å². The fraction of sp³-hybridized carbons (Fsp3) is 0.588. The standard InChI is InChI=1S/C17H23NO3/c1-16(2,3)18(15(20)17-8-12(17)9-17)10-11-5-6-13(19)14(7-11)21-4/h5-7,12,19H,8-10H2,1-4H3. The van der Waals surface area contributed by atoms with E-state index in [-0.39, 0.29) is 22.6 Å². The Morgan fingerprint density at radius 2 is 2.05 bits per heavy atom. The van der Waals surface area contributed by atoms with Gasteiger partial charge in [-0.25, -0.2) is 0 Å². The van der Waals surface area contributed by atoms with E-state index in [0.29, 0.717) is 18.2 Å². The smallest absolute Gasteiger partial charge is 0.229 e. The van der Waals surface area contributed by atoms with Crippen LogP contribution in [0.3, 0.4) is 0 Å². The first-order valence-corrected chi connectivity index (χ1v) is 7.46. The van der Waals surface area contributed by atoms with Crippen LogP contribution >= 0.6 is 0 Å². The van der Waals surface area contributed by atoms with Crippen LogP contribution in [0.4, 0.5) is 0 Å². The molecule has 0 aliphatic heterocycles. The fourth-order valence-electron chi connectivity index (χ4n) is 2.94. The van der Waals surface area contributed by atoms with Crippen LogP contribution < -0.4 is 4.74 Å². The molecule has 2 saturated carbocycles. The molecule has 4 heteroatoms. The number of carbonyl (C=O) groups is 1. The van der Waals surface area contributed by atoms with Gasteiger partial charge in [-0.3, -0.25) is 4.79 Å². The highest BCUT2D eigenvalue weighted by Crippen LogP contribution is 2.76. The Morgan fingerprint density at radius 3 is 2.52 bits per heavy atom. The molecule has 0 bridgehead atoms. The number of aromatic hydroxyl groups is 1. The minimum atomic E-state index is -0.216. The number of fused-ring (bicyclic) bond motifs is 1. The predicted molar refractivity (Wildman–Crippen MR) is 80.1 cm³/mol. The van der Waals surface area contributed by atoms with E-state index in [9.17, 15) is 9.90 Å². The van der Waals surface area contributed by atoms with Crippen LogP contribution in [0.1, 0.15) is 39.2 Å². The lowest BCUT2D eigenvalue weighted by molar-refractivity contribution is -0.140. The number of methoxy groups -OCH3 is 1. The second-order valence-electron chi connectivity index (χ2n) is 7.33. The molecule has 1 amide bonds. The maximum absolute atomic E-state index is 12.8. The van der Waals surface area contributed by atoms with Gasteiger partial charge in [0, 0.05) is 12.1 Å². The number of rotatable bonds is 4. The molecule has 0 radical (unpaired) electrons. The third-order valence-corrected chi connectivity index (χ3v) is 4.75. The van der Waals surface area contributed by atoms with Gasteiger partial charge in [-0.05, 0) is 57.2 Å². The second kappa shape index (κ2) is 4.39. The third kappa shape index (κ3) is 2.37. The van der Waals surface area contributed by atoms with Crippen LogP contribution in [0.25, 0.3) is 0 Å². The number of hydrogen-bond acceptors (Lipinski definition) is 3. The summed E-state index contributed by atoms with van der Waals surface area (Å²) in [6.45, 7) is 6.75. The SMILES string of the molecule is COc1cc(CN(C(=O)C23CC2C3)C(C)(C)C)ccc1O. The quantitative estimate of drug-likeness (QED) is 0.927. The molecule has 4 nitrogen and oxygen atoms in total. The molecule has 1 aromatic rings. The van der Waals surface area contributed by atoms with Crippen molar-refractivity contribution in [1.29, 1.82) is 0 Å². The number of carbonyl (C=O) groups excluding carboxylic acids is 1. The molecule has 3 rings (SSSR count). The zero-order chi connectivity index (χ0) is 15.4. The van der Waals surface area contributed by atoms with Crippen LogP contribution in [-0.2, 0) is 11.3 Å². The van der Waals surface area contributed by atoms with E-state index in [1.807, 2.05) is 11.0 Å². The van der Waals surface area contributed by atoms with E-state index >= 15 is 0 Å². The summed E-state index contributed by atoms with van der Waals surface area (Å²) in [6.07, 6.45) is 2.13. The molecule has 21 heavy (non-hydrogen) atoms. The van der Waals surface area contributed by atoms with Gasteiger partial charge in [-0.2, -0.15) is 0 Å². The molecule has 114 valence electrons. The first kappa shape index (κ1) is 14.2. The fourth-order valence-corrected chi connectivity index (χ4v) is 2.94. The number of phenolic OH excluding ortho intramolecular Hbond substituents is 1. The van der Waals surface area contributed by atoms with Gasteiger partial charge in [-0.15, -0.1) is 0 Å². The van der Waals surface area contributed by atoms with Gasteiger partial charge in [-0.1, -0.05) is 6.07 Å². The molecule has 0 unspecified atom stereocenters. The molecular formula is C17H23NO3. The van der Waals surface area contributed by atoms with Gasteiger partial charge in [0.15, 0.2) is 11.5 Å². The number of hydrogen-bond donors (Lipinski definition) is 1. The molecule has 1 N–H and O–H groups in total. The van der Waals surface area contributed by atoms with Crippen LogP contribution in [-0.4, -0.2) is 28.6 Å². The molecule has 2 fully saturated rings. The van der Waals surface area contributed by atoms with E-state index in [0.717, 1.165) is 18.4 Å². The van der Waals surface area contributed by atoms with Crippen molar-refractivity contribution in [3.8, 4) is 11.5 Å². The Kier molecular flexibility index (Phi) is 2.98. The lowest BCUT2D eigenvalue weighted by Crippen LogP contribution is -2.47. The summed E-state index contributed by atoms with van der Waals surface area (Å²) in [5, 5.41) is 9.68. The van der Waals surface area contributed by atoms with Crippen molar-refractivity contribution in [2.75, 3.05) is 7.11 Å². The first-order valence-electron chi connectivity index (χ1n) is 7.46. The summed E-state index contributed by atoms with van der Waals surface area (Å²) in [4.78, 5) is 14.8. The topological polar surface area (TPSA) is 49.8 Å². The normalized spacial score (nSPS) is 26.0. The number of phenols is 1. The van der Waals surface area contributed by atoms with Crippen molar-refractivity contribution >= 4 is 5.91 Å². The largest absolute Gasteiger partial charge is 0.504 e. The van der Waals surface area contributed by atoms with Crippen molar-refractivity contribution in [3.63, 3.8) is 0 Å². The molecule has 0 heterocycles. The molecule has 0 saturated heterocycles. The zero-order valence-electron chi connectivity index (χ0n) is 13.1. The summed E-state index contributed by atoms with van der Waals surface area (Å²) in [5.41, 5.74) is 0.739. The Labute approximate surface area is 125 Å². The number of amides is 1. The van der Waals surface area contributed by atoms with E-state index in [1.54, 1.807) is 12.1 Å². The van der Waals surface area contributed by atoms with Crippen molar-refractivity contribution < 1.29 is 14.6 Å². The minimum Gasteiger partial charge on any atom is -0.504 e. The monoisotopic (exact) mass is 289 g/mol. The van der Waals surface area contributed by atoms with Gasteiger partial charge in [0.25, 0.3) is 0 Å². The molecule has 2 aliphatic carbocycles. The predicted octanol–water partition coefficient (Wildman–Crippen LogP) is 2.94.